The van der Waals surface area contributed by atoms with E-state index in [9.17, 15) is 26.4 Å². The van der Waals surface area contributed by atoms with Gasteiger partial charge in [-0.15, -0.1) is 0 Å². The van der Waals surface area contributed by atoms with E-state index in [0.717, 1.165) is 17.0 Å². The molecule has 1 aliphatic rings. The standard InChI is InChI=1S/C24H25F3N2O4S/c1-33-11-10-29-9-8-17-13-18(4-7-22(17)29)23(30)28-14-19-3-2-16(12-21(19)24(25,26)27)15-34(31,32)20-5-6-20/h2-4,7-9,12-13,20H,5-6,10-11,14-15H2,1H3,(H,28,30). The molecule has 1 aliphatic carbocycles. The smallest absolute Gasteiger partial charge is 0.383 e. The van der Waals surface area contributed by atoms with Crippen molar-refractivity contribution in [3.05, 3.63) is 70.9 Å². The Labute approximate surface area is 195 Å². The van der Waals surface area contributed by atoms with E-state index >= 15 is 0 Å². The van der Waals surface area contributed by atoms with Gasteiger partial charge in [-0.2, -0.15) is 13.2 Å². The molecule has 34 heavy (non-hydrogen) atoms. The number of aromatic nitrogens is 1. The molecule has 10 heteroatoms. The van der Waals surface area contributed by atoms with Crippen molar-refractivity contribution in [1.29, 1.82) is 0 Å². The molecular weight excluding hydrogens is 469 g/mol. The van der Waals surface area contributed by atoms with E-state index in [2.05, 4.69) is 5.32 Å². The largest absolute Gasteiger partial charge is 0.416 e. The summed E-state index contributed by atoms with van der Waals surface area (Å²) >= 11 is 0. The van der Waals surface area contributed by atoms with Gasteiger partial charge in [-0.1, -0.05) is 12.1 Å². The van der Waals surface area contributed by atoms with E-state index in [1.165, 1.54) is 12.1 Å². The molecule has 1 fully saturated rings. The molecule has 6 nitrogen and oxygen atoms in total. The molecule has 1 saturated carbocycles. The Hall–Kier alpha value is -2.85. The van der Waals surface area contributed by atoms with Crippen molar-refractivity contribution < 1.29 is 31.1 Å². The fourth-order valence-electron chi connectivity index (χ4n) is 3.91. The average molecular weight is 495 g/mol. The van der Waals surface area contributed by atoms with E-state index < -0.39 is 38.5 Å². The first-order valence-electron chi connectivity index (χ1n) is 10.8. The number of nitrogens with zero attached hydrogens (tertiary/aromatic N) is 1. The third-order valence-corrected chi connectivity index (χ3v) is 8.11. The number of alkyl halides is 3. The van der Waals surface area contributed by atoms with Gasteiger partial charge in [0.1, 0.15) is 0 Å². The summed E-state index contributed by atoms with van der Waals surface area (Å²) in [7, 11) is -1.83. The van der Waals surface area contributed by atoms with Gasteiger partial charge in [0.25, 0.3) is 5.91 Å². The number of ether oxygens (including phenoxy) is 1. The second kappa shape index (κ2) is 9.42. The van der Waals surface area contributed by atoms with Crippen molar-refractivity contribution in [2.45, 2.75) is 43.1 Å². The number of rotatable bonds is 9. The van der Waals surface area contributed by atoms with Crippen molar-refractivity contribution in [3.63, 3.8) is 0 Å². The lowest BCUT2D eigenvalue weighted by Crippen LogP contribution is -2.24. The van der Waals surface area contributed by atoms with Gasteiger partial charge in [0.2, 0.25) is 0 Å². The summed E-state index contributed by atoms with van der Waals surface area (Å²) < 4.78 is 72.4. The van der Waals surface area contributed by atoms with Crippen LogP contribution >= 0.6 is 0 Å². The first-order valence-corrected chi connectivity index (χ1v) is 12.6. The number of hydrogen-bond donors (Lipinski definition) is 1. The second-order valence-corrected chi connectivity index (χ2v) is 10.7. The SMILES string of the molecule is COCCn1ccc2cc(C(=O)NCc3ccc(CS(=O)(=O)C4CC4)cc3C(F)(F)F)ccc21. The Kier molecular flexibility index (Phi) is 6.73. The van der Waals surface area contributed by atoms with Gasteiger partial charge in [-0.25, -0.2) is 8.42 Å². The third-order valence-electron chi connectivity index (χ3n) is 5.89. The third kappa shape index (κ3) is 5.44. The van der Waals surface area contributed by atoms with E-state index in [1.807, 2.05) is 16.8 Å². The predicted molar refractivity (Wildman–Crippen MR) is 122 cm³/mol. The number of carbonyl (C=O) groups excluding carboxylic acids is 1. The molecule has 4 rings (SSSR count). The number of fused-ring (bicyclic) bond motifs is 1. The predicted octanol–water partition coefficient (Wildman–Crippen LogP) is 4.31. The minimum absolute atomic E-state index is 0.0951. The van der Waals surface area contributed by atoms with Gasteiger partial charge in [0, 0.05) is 42.9 Å². The monoisotopic (exact) mass is 494 g/mol. The van der Waals surface area contributed by atoms with Gasteiger partial charge in [-0.05, 0) is 54.3 Å². The number of sulfone groups is 1. The second-order valence-electron chi connectivity index (χ2n) is 8.45. The van der Waals surface area contributed by atoms with Crippen LogP contribution in [0, 0.1) is 0 Å². The molecule has 0 aliphatic heterocycles. The number of amides is 1. The molecule has 1 aromatic heterocycles. The molecule has 0 atom stereocenters. The number of benzene rings is 2. The van der Waals surface area contributed by atoms with Crippen LogP contribution < -0.4 is 5.32 Å². The summed E-state index contributed by atoms with van der Waals surface area (Å²) in [5, 5.41) is 2.93. The van der Waals surface area contributed by atoms with Crippen molar-refractivity contribution in [2.75, 3.05) is 13.7 Å². The molecular formula is C24H25F3N2O4S. The normalized spacial score (nSPS) is 14.5. The van der Waals surface area contributed by atoms with E-state index in [1.54, 1.807) is 25.3 Å². The number of methoxy groups -OCH3 is 1. The summed E-state index contributed by atoms with van der Waals surface area (Å²) in [5.74, 6) is -0.919. The van der Waals surface area contributed by atoms with Crippen molar-refractivity contribution in [1.82, 2.24) is 9.88 Å². The number of hydrogen-bond acceptors (Lipinski definition) is 4. The number of halogens is 3. The molecule has 3 aromatic rings. The lowest BCUT2D eigenvalue weighted by Gasteiger charge is -2.15. The summed E-state index contributed by atoms with van der Waals surface area (Å²) in [6, 6.07) is 10.4. The van der Waals surface area contributed by atoms with Crippen LogP contribution in [0.3, 0.4) is 0 Å². The number of carbonyl (C=O) groups is 1. The maximum atomic E-state index is 13.7. The average Bonchev–Trinajstić information content (AvgIpc) is 3.57. The van der Waals surface area contributed by atoms with Crippen molar-refractivity contribution in [2.24, 2.45) is 0 Å². The highest BCUT2D eigenvalue weighted by molar-refractivity contribution is 7.91. The first-order chi connectivity index (χ1) is 16.1. The zero-order valence-corrected chi connectivity index (χ0v) is 19.4. The van der Waals surface area contributed by atoms with Crippen molar-refractivity contribution in [3.8, 4) is 0 Å². The van der Waals surface area contributed by atoms with Crippen molar-refractivity contribution >= 4 is 26.6 Å². The Morgan fingerprint density at radius 2 is 1.91 bits per heavy atom. The van der Waals surface area contributed by atoms with Crippen LogP contribution in [0.15, 0.2) is 48.7 Å². The topological polar surface area (TPSA) is 77.4 Å². The van der Waals surface area contributed by atoms with Gasteiger partial charge in [0.05, 0.1) is 23.2 Å². The molecule has 0 radical (unpaired) electrons. The summed E-state index contributed by atoms with van der Waals surface area (Å²) in [6.07, 6.45) is -1.68. The Morgan fingerprint density at radius 1 is 1.15 bits per heavy atom. The van der Waals surface area contributed by atoms with Gasteiger partial charge in [0.15, 0.2) is 9.84 Å². The van der Waals surface area contributed by atoms with Crippen LogP contribution in [0.4, 0.5) is 13.2 Å². The maximum absolute atomic E-state index is 13.7. The summed E-state index contributed by atoms with van der Waals surface area (Å²) in [6.45, 7) is 0.860. The first kappa shape index (κ1) is 24.3. The molecule has 0 unspecified atom stereocenters. The van der Waals surface area contributed by atoms with Crippen LogP contribution in [0.5, 0.6) is 0 Å². The minimum atomic E-state index is -4.68. The van der Waals surface area contributed by atoms with Crippen LogP contribution in [-0.2, 0) is 39.6 Å². The summed E-state index contributed by atoms with van der Waals surface area (Å²) in [4.78, 5) is 12.6. The van der Waals surface area contributed by atoms with Crippen LogP contribution in [0.1, 0.15) is 39.9 Å². The Balaban J connectivity index is 1.49. The fourth-order valence-corrected chi connectivity index (χ4v) is 5.65. The van der Waals surface area contributed by atoms with E-state index in [4.69, 9.17) is 4.74 Å². The van der Waals surface area contributed by atoms with Crippen LogP contribution in [-0.4, -0.2) is 37.9 Å². The molecule has 1 heterocycles. The van der Waals surface area contributed by atoms with Gasteiger partial charge in [-0.3, -0.25) is 4.79 Å². The molecule has 0 spiro atoms. The number of nitrogens with one attached hydrogen (secondary N) is 1. The zero-order chi connectivity index (χ0) is 24.5. The molecule has 1 N–H and O–H groups in total. The Morgan fingerprint density at radius 3 is 2.59 bits per heavy atom. The van der Waals surface area contributed by atoms with Crippen LogP contribution in [0.25, 0.3) is 10.9 Å². The molecule has 2 aromatic carbocycles. The zero-order valence-electron chi connectivity index (χ0n) is 18.6. The molecule has 0 saturated heterocycles. The maximum Gasteiger partial charge on any atom is 0.416 e. The lowest BCUT2D eigenvalue weighted by molar-refractivity contribution is -0.138. The van der Waals surface area contributed by atoms with E-state index in [-0.39, 0.29) is 17.7 Å². The summed E-state index contributed by atoms with van der Waals surface area (Å²) in [5.41, 5.74) is 0.280. The highest BCUT2D eigenvalue weighted by atomic mass is 32.2. The molecule has 182 valence electrons. The van der Waals surface area contributed by atoms with Gasteiger partial charge >= 0.3 is 6.18 Å². The quantitative estimate of drug-likeness (QED) is 0.481. The highest BCUT2D eigenvalue weighted by Crippen LogP contribution is 2.35. The molecule has 1 amide bonds. The molecule has 0 bridgehead atoms. The highest BCUT2D eigenvalue weighted by Gasteiger charge is 2.37. The van der Waals surface area contributed by atoms with Gasteiger partial charge < -0.3 is 14.6 Å². The fraction of sp³-hybridized carbons (Fsp3) is 0.375. The lowest BCUT2D eigenvalue weighted by atomic mass is 10.0. The van der Waals surface area contributed by atoms with E-state index in [0.29, 0.717) is 31.6 Å². The van der Waals surface area contributed by atoms with Crippen LogP contribution in [0.2, 0.25) is 0 Å². The minimum Gasteiger partial charge on any atom is -0.383 e. The Bertz CT molecular complexity index is 1310.